The highest BCUT2D eigenvalue weighted by Gasteiger charge is 2.46. The molecule has 0 bridgehead atoms. The van der Waals surface area contributed by atoms with Gasteiger partial charge in [-0.25, -0.2) is 0 Å². The van der Waals surface area contributed by atoms with E-state index in [0.29, 0.717) is 16.9 Å². The molecule has 3 aromatic rings. The van der Waals surface area contributed by atoms with Crippen molar-refractivity contribution in [2.75, 3.05) is 7.11 Å². The van der Waals surface area contributed by atoms with E-state index >= 15 is 0 Å². The number of aliphatic hydroxyl groups excluding tert-OH is 1. The van der Waals surface area contributed by atoms with Gasteiger partial charge in [0.1, 0.15) is 17.3 Å². The number of aryl methyl sites for hydroxylation is 1. The van der Waals surface area contributed by atoms with Gasteiger partial charge in [-0.3, -0.25) is 14.6 Å². The molecule has 2 N–H and O–H groups in total. The first-order chi connectivity index (χ1) is 15.4. The molecule has 0 spiro atoms. The molecule has 1 aliphatic heterocycles. The Kier molecular flexibility index (Phi) is 5.64. The first-order valence-electron chi connectivity index (χ1n) is 10.0. The number of aromatic hydroxyl groups is 1. The molecule has 1 amide bonds. The van der Waals surface area contributed by atoms with E-state index in [4.69, 9.17) is 4.74 Å². The number of nitrogens with zero attached hydrogens (tertiary/aromatic N) is 2. The number of methoxy groups -OCH3 is 1. The van der Waals surface area contributed by atoms with Gasteiger partial charge in [0.2, 0.25) is 0 Å². The standard InChI is InChI=1S/C25H22N2O5/c1-15-12-18(7-10-20(15)32-2)23(29)21-22(17-5-8-19(28)9-6-17)27(25(31)24(21)30)14-16-4-3-11-26-13-16/h3-13,22,28-29H,14H2,1-2H3. The minimum atomic E-state index is -0.821. The summed E-state index contributed by atoms with van der Waals surface area (Å²) in [5.74, 6) is -1.03. The topological polar surface area (TPSA) is 100.0 Å². The van der Waals surface area contributed by atoms with Gasteiger partial charge < -0.3 is 19.8 Å². The van der Waals surface area contributed by atoms with Crippen molar-refractivity contribution in [3.63, 3.8) is 0 Å². The monoisotopic (exact) mass is 430 g/mol. The lowest BCUT2D eigenvalue weighted by molar-refractivity contribution is -0.140. The molecule has 7 nitrogen and oxygen atoms in total. The first kappa shape index (κ1) is 21.1. The fraction of sp³-hybridized carbons (Fsp3) is 0.160. The molecular weight excluding hydrogens is 408 g/mol. The van der Waals surface area contributed by atoms with Gasteiger partial charge in [0.25, 0.3) is 11.7 Å². The molecule has 162 valence electrons. The van der Waals surface area contributed by atoms with Gasteiger partial charge in [0.15, 0.2) is 0 Å². The maximum absolute atomic E-state index is 13.1. The summed E-state index contributed by atoms with van der Waals surface area (Å²) in [6, 6.07) is 14.0. The lowest BCUT2D eigenvalue weighted by atomic mass is 9.94. The first-order valence-corrected chi connectivity index (χ1v) is 10.0. The van der Waals surface area contributed by atoms with E-state index in [0.717, 1.165) is 11.1 Å². The van der Waals surface area contributed by atoms with Crippen molar-refractivity contribution in [3.05, 3.63) is 94.8 Å². The van der Waals surface area contributed by atoms with Crippen LogP contribution >= 0.6 is 0 Å². The van der Waals surface area contributed by atoms with E-state index in [1.807, 2.05) is 13.0 Å². The van der Waals surface area contributed by atoms with Crippen molar-refractivity contribution < 1.29 is 24.5 Å². The Labute approximate surface area is 185 Å². The van der Waals surface area contributed by atoms with Crippen molar-refractivity contribution in [1.29, 1.82) is 0 Å². The Bertz CT molecular complexity index is 1200. The van der Waals surface area contributed by atoms with Gasteiger partial charge in [0.05, 0.1) is 18.7 Å². The number of aromatic nitrogens is 1. The molecule has 2 aromatic carbocycles. The number of Topliss-reactive ketones (excluding diaryl/α,β-unsaturated/α-hetero) is 1. The minimum Gasteiger partial charge on any atom is -0.508 e. The number of benzene rings is 2. The van der Waals surface area contributed by atoms with Crippen molar-refractivity contribution in [2.24, 2.45) is 0 Å². The number of ketones is 1. The third-order valence-corrected chi connectivity index (χ3v) is 5.49. The minimum absolute atomic E-state index is 0.00542. The van der Waals surface area contributed by atoms with Crippen LogP contribution in [0, 0.1) is 6.92 Å². The van der Waals surface area contributed by atoms with Gasteiger partial charge in [0, 0.05) is 24.5 Å². The summed E-state index contributed by atoms with van der Waals surface area (Å²) in [6.07, 6.45) is 3.25. The summed E-state index contributed by atoms with van der Waals surface area (Å²) < 4.78 is 5.27. The molecule has 1 saturated heterocycles. The molecule has 1 atom stereocenters. The average molecular weight is 430 g/mol. The third kappa shape index (κ3) is 3.80. The second-order valence-electron chi connectivity index (χ2n) is 7.56. The van der Waals surface area contributed by atoms with Gasteiger partial charge in [-0.1, -0.05) is 18.2 Å². The lowest BCUT2D eigenvalue weighted by Crippen LogP contribution is -2.29. The van der Waals surface area contributed by atoms with E-state index in [1.54, 1.807) is 55.9 Å². The molecule has 0 aliphatic carbocycles. The largest absolute Gasteiger partial charge is 0.508 e. The summed E-state index contributed by atoms with van der Waals surface area (Å²) >= 11 is 0. The highest BCUT2D eigenvalue weighted by Crippen LogP contribution is 2.41. The number of hydrogen-bond acceptors (Lipinski definition) is 6. The second-order valence-corrected chi connectivity index (χ2v) is 7.56. The zero-order valence-corrected chi connectivity index (χ0v) is 17.6. The van der Waals surface area contributed by atoms with E-state index < -0.39 is 17.7 Å². The second kappa shape index (κ2) is 8.55. The maximum Gasteiger partial charge on any atom is 0.295 e. The van der Waals surface area contributed by atoms with E-state index in [-0.39, 0.29) is 23.6 Å². The Balaban J connectivity index is 1.86. The molecule has 1 fully saturated rings. The van der Waals surface area contributed by atoms with Crippen LogP contribution in [-0.2, 0) is 16.1 Å². The van der Waals surface area contributed by atoms with Crippen LogP contribution in [0.15, 0.2) is 72.6 Å². The summed E-state index contributed by atoms with van der Waals surface area (Å²) in [6.45, 7) is 1.97. The van der Waals surface area contributed by atoms with Crippen LogP contribution in [0.4, 0.5) is 0 Å². The number of carbonyl (C=O) groups is 2. The van der Waals surface area contributed by atoms with Crippen molar-refractivity contribution in [1.82, 2.24) is 9.88 Å². The maximum atomic E-state index is 13.1. The highest BCUT2D eigenvalue weighted by molar-refractivity contribution is 6.46. The van der Waals surface area contributed by atoms with Crippen LogP contribution in [-0.4, -0.2) is 38.9 Å². The van der Waals surface area contributed by atoms with E-state index in [2.05, 4.69) is 4.98 Å². The van der Waals surface area contributed by atoms with Gasteiger partial charge in [-0.2, -0.15) is 0 Å². The van der Waals surface area contributed by atoms with Gasteiger partial charge in [-0.05, 0) is 60.0 Å². The smallest absolute Gasteiger partial charge is 0.295 e. The van der Waals surface area contributed by atoms with Crippen LogP contribution in [0.25, 0.3) is 5.76 Å². The van der Waals surface area contributed by atoms with Crippen LogP contribution in [0.2, 0.25) is 0 Å². The SMILES string of the molecule is COc1ccc(C(O)=C2C(=O)C(=O)N(Cc3cccnc3)C2c2ccc(O)cc2)cc1C. The Hall–Kier alpha value is -4.13. The molecule has 1 aromatic heterocycles. The third-order valence-electron chi connectivity index (χ3n) is 5.49. The summed E-state index contributed by atoms with van der Waals surface area (Å²) in [5, 5.41) is 20.9. The van der Waals surface area contributed by atoms with E-state index in [1.165, 1.54) is 17.0 Å². The number of amides is 1. The Morgan fingerprint density at radius 1 is 1.12 bits per heavy atom. The normalized spacial score (nSPS) is 17.6. The van der Waals surface area contributed by atoms with Gasteiger partial charge >= 0.3 is 0 Å². The molecule has 1 aliphatic rings. The quantitative estimate of drug-likeness (QED) is 0.364. The molecule has 1 unspecified atom stereocenters. The van der Waals surface area contributed by atoms with Crippen molar-refractivity contribution in [2.45, 2.75) is 19.5 Å². The van der Waals surface area contributed by atoms with Gasteiger partial charge in [-0.15, -0.1) is 0 Å². The number of pyridine rings is 1. The summed E-state index contributed by atoms with van der Waals surface area (Å²) in [5.41, 5.74) is 2.53. The fourth-order valence-electron chi connectivity index (χ4n) is 3.92. The Morgan fingerprint density at radius 3 is 2.50 bits per heavy atom. The fourth-order valence-corrected chi connectivity index (χ4v) is 3.92. The molecule has 4 rings (SSSR count). The lowest BCUT2D eigenvalue weighted by Gasteiger charge is -2.25. The summed E-state index contributed by atoms with van der Waals surface area (Å²) in [4.78, 5) is 31.6. The number of aliphatic hydroxyl groups is 1. The predicted molar refractivity (Wildman–Crippen MR) is 118 cm³/mol. The molecule has 32 heavy (non-hydrogen) atoms. The highest BCUT2D eigenvalue weighted by atomic mass is 16.5. The number of phenolic OH excluding ortho intramolecular Hbond substituents is 1. The van der Waals surface area contributed by atoms with Crippen LogP contribution in [0.1, 0.15) is 28.3 Å². The number of likely N-dealkylation sites (tertiary alicyclic amines) is 1. The number of carbonyl (C=O) groups excluding carboxylic acids is 2. The predicted octanol–water partition coefficient (Wildman–Crippen LogP) is 3.73. The molecule has 0 radical (unpaired) electrons. The molecular formula is C25H22N2O5. The number of phenols is 1. The zero-order valence-electron chi connectivity index (χ0n) is 17.6. The number of rotatable bonds is 5. The van der Waals surface area contributed by atoms with Crippen molar-refractivity contribution in [3.8, 4) is 11.5 Å². The number of ether oxygens (including phenoxy) is 1. The van der Waals surface area contributed by atoms with Crippen LogP contribution < -0.4 is 4.74 Å². The van der Waals surface area contributed by atoms with Crippen LogP contribution in [0.5, 0.6) is 11.5 Å². The molecule has 7 heteroatoms. The van der Waals surface area contributed by atoms with Crippen LogP contribution in [0.3, 0.4) is 0 Å². The van der Waals surface area contributed by atoms with E-state index in [9.17, 15) is 19.8 Å². The molecule has 2 heterocycles. The summed E-state index contributed by atoms with van der Waals surface area (Å²) in [7, 11) is 1.55. The average Bonchev–Trinajstić information content (AvgIpc) is 3.04. The zero-order chi connectivity index (χ0) is 22.8. The van der Waals surface area contributed by atoms with Crippen molar-refractivity contribution >= 4 is 17.4 Å². The number of hydrogen-bond donors (Lipinski definition) is 2. The molecule has 0 saturated carbocycles. The Morgan fingerprint density at radius 2 is 1.88 bits per heavy atom.